The Morgan fingerprint density at radius 3 is 2.89 bits per heavy atom. The van der Waals surface area contributed by atoms with Gasteiger partial charge in [-0.05, 0) is 19.8 Å². The molecule has 0 spiro atoms. The number of nitrogens with one attached hydrogen (secondary N) is 1. The second-order valence-electron chi connectivity index (χ2n) is 4.47. The molecule has 1 aliphatic rings. The maximum atomic E-state index is 10.9. The first kappa shape index (κ1) is 12.0. The number of hydrogen-bond donors (Lipinski definition) is 2. The van der Waals surface area contributed by atoms with E-state index in [1.165, 1.54) is 30.4 Å². The largest absolute Gasteiger partial charge is 0.478 e. The zero-order valence-corrected chi connectivity index (χ0v) is 11.1. The number of aromatic carboxylic acids is 1. The van der Waals surface area contributed by atoms with Crippen molar-refractivity contribution < 1.29 is 9.90 Å². The summed E-state index contributed by atoms with van der Waals surface area (Å²) >= 11 is 1.51. The Labute approximate surface area is 113 Å². The van der Waals surface area contributed by atoms with Gasteiger partial charge in [-0.15, -0.1) is 11.3 Å². The second kappa shape index (κ2) is 4.58. The van der Waals surface area contributed by atoms with Crippen molar-refractivity contribution in [2.75, 3.05) is 5.32 Å². The van der Waals surface area contributed by atoms with Crippen molar-refractivity contribution in [3.8, 4) is 0 Å². The lowest BCUT2D eigenvalue weighted by molar-refractivity contribution is 0.0695. The van der Waals surface area contributed by atoms with Crippen LogP contribution < -0.4 is 5.32 Å². The summed E-state index contributed by atoms with van der Waals surface area (Å²) in [4.78, 5) is 23.4. The molecule has 2 aromatic heterocycles. The first-order valence-corrected chi connectivity index (χ1v) is 6.81. The van der Waals surface area contributed by atoms with E-state index in [-0.39, 0.29) is 5.56 Å². The van der Waals surface area contributed by atoms with E-state index in [9.17, 15) is 4.79 Å². The molecule has 0 atom stereocenters. The predicted molar refractivity (Wildman–Crippen MR) is 71.1 cm³/mol. The van der Waals surface area contributed by atoms with Gasteiger partial charge < -0.3 is 10.4 Å². The van der Waals surface area contributed by atoms with Gasteiger partial charge in [0.25, 0.3) is 0 Å². The lowest BCUT2D eigenvalue weighted by Gasteiger charge is -2.03. The molecule has 3 rings (SSSR count). The number of anilines is 2. The lowest BCUT2D eigenvalue weighted by Crippen LogP contribution is -2.06. The molecule has 0 aliphatic heterocycles. The summed E-state index contributed by atoms with van der Waals surface area (Å²) in [7, 11) is 0. The Balaban J connectivity index is 1.78. The third-order valence-corrected chi connectivity index (χ3v) is 3.72. The van der Waals surface area contributed by atoms with Crippen LogP contribution >= 0.6 is 11.3 Å². The van der Waals surface area contributed by atoms with E-state index in [0.717, 1.165) is 10.8 Å². The number of carboxylic acid groups (broad SMARTS) is 1. The van der Waals surface area contributed by atoms with Crippen molar-refractivity contribution in [3.63, 3.8) is 0 Å². The summed E-state index contributed by atoms with van der Waals surface area (Å²) in [6.07, 6.45) is 3.74. The number of carboxylic acids is 1. The summed E-state index contributed by atoms with van der Waals surface area (Å²) in [6, 6.07) is 0. The van der Waals surface area contributed by atoms with E-state index in [0.29, 0.717) is 17.6 Å². The molecule has 2 aromatic rings. The molecular weight excluding hydrogens is 264 g/mol. The van der Waals surface area contributed by atoms with Crippen molar-refractivity contribution in [2.24, 2.45) is 0 Å². The molecule has 0 unspecified atom stereocenters. The van der Waals surface area contributed by atoms with Crippen molar-refractivity contribution >= 4 is 28.4 Å². The monoisotopic (exact) mass is 276 g/mol. The topological polar surface area (TPSA) is 88.0 Å². The van der Waals surface area contributed by atoms with E-state index >= 15 is 0 Å². The average molecular weight is 276 g/mol. The van der Waals surface area contributed by atoms with Crippen LogP contribution in [0.2, 0.25) is 0 Å². The van der Waals surface area contributed by atoms with Crippen LogP contribution in [0.25, 0.3) is 0 Å². The quantitative estimate of drug-likeness (QED) is 0.892. The van der Waals surface area contributed by atoms with Crippen LogP contribution in [0.3, 0.4) is 0 Å². The Morgan fingerprint density at radius 2 is 2.26 bits per heavy atom. The standard InChI is InChI=1S/C12H12N4O2S/c1-6-8(10(17)18)4-13-11(14-6)16-12-15-9(5-19-12)7-2-3-7/h4-5,7H,2-3H2,1H3,(H,17,18)(H,13,14,15,16). The molecule has 19 heavy (non-hydrogen) atoms. The fraction of sp³-hybridized carbons (Fsp3) is 0.333. The molecular formula is C12H12N4O2S. The van der Waals surface area contributed by atoms with Crippen LogP contribution in [0, 0.1) is 6.92 Å². The fourth-order valence-corrected chi connectivity index (χ4v) is 2.53. The van der Waals surface area contributed by atoms with Crippen LogP contribution in [0.1, 0.15) is 40.5 Å². The highest BCUT2D eigenvalue weighted by atomic mass is 32.1. The number of carbonyl (C=O) groups is 1. The smallest absolute Gasteiger partial charge is 0.339 e. The van der Waals surface area contributed by atoms with Crippen LogP contribution in [0.5, 0.6) is 0 Å². The number of nitrogens with zero attached hydrogens (tertiary/aromatic N) is 3. The highest BCUT2D eigenvalue weighted by molar-refractivity contribution is 7.13. The molecule has 7 heteroatoms. The van der Waals surface area contributed by atoms with Gasteiger partial charge in [-0.3, -0.25) is 0 Å². The number of aromatic nitrogens is 3. The van der Waals surface area contributed by atoms with Crippen molar-refractivity contribution in [3.05, 3.63) is 28.5 Å². The first-order valence-electron chi connectivity index (χ1n) is 5.93. The highest BCUT2D eigenvalue weighted by Gasteiger charge is 2.26. The van der Waals surface area contributed by atoms with Gasteiger partial charge in [-0.1, -0.05) is 0 Å². The SMILES string of the molecule is Cc1nc(Nc2nc(C3CC3)cs2)ncc1C(=O)O. The number of rotatable bonds is 4. The number of hydrogen-bond acceptors (Lipinski definition) is 6. The molecule has 0 bridgehead atoms. The molecule has 2 heterocycles. The zero-order valence-electron chi connectivity index (χ0n) is 10.3. The Kier molecular flexibility index (Phi) is 2.90. The van der Waals surface area contributed by atoms with Gasteiger partial charge in [0.1, 0.15) is 0 Å². The third-order valence-electron chi connectivity index (χ3n) is 2.95. The second-order valence-corrected chi connectivity index (χ2v) is 5.33. The maximum absolute atomic E-state index is 10.9. The van der Waals surface area contributed by atoms with Gasteiger partial charge in [-0.25, -0.2) is 19.7 Å². The molecule has 0 saturated heterocycles. The van der Waals surface area contributed by atoms with Crippen LogP contribution in [0.15, 0.2) is 11.6 Å². The Morgan fingerprint density at radius 1 is 1.47 bits per heavy atom. The highest BCUT2D eigenvalue weighted by Crippen LogP contribution is 2.41. The molecule has 2 N–H and O–H groups in total. The summed E-state index contributed by atoms with van der Waals surface area (Å²) in [5.74, 6) is -0.0302. The minimum absolute atomic E-state index is 0.114. The van der Waals surface area contributed by atoms with Gasteiger partial charge in [0.2, 0.25) is 5.95 Å². The van der Waals surface area contributed by atoms with Crippen molar-refractivity contribution in [1.82, 2.24) is 15.0 Å². The summed E-state index contributed by atoms with van der Waals surface area (Å²) < 4.78 is 0. The molecule has 1 fully saturated rings. The van der Waals surface area contributed by atoms with Gasteiger partial charge in [0, 0.05) is 17.5 Å². The van der Waals surface area contributed by atoms with Gasteiger partial charge in [0.05, 0.1) is 17.0 Å². The van der Waals surface area contributed by atoms with Crippen molar-refractivity contribution in [2.45, 2.75) is 25.7 Å². The van der Waals surface area contributed by atoms with Gasteiger partial charge in [-0.2, -0.15) is 0 Å². The summed E-state index contributed by atoms with van der Waals surface area (Å²) in [5, 5.41) is 14.7. The molecule has 1 saturated carbocycles. The average Bonchev–Trinajstić information content (AvgIpc) is 3.10. The van der Waals surface area contributed by atoms with E-state index in [4.69, 9.17) is 5.11 Å². The minimum Gasteiger partial charge on any atom is -0.478 e. The zero-order chi connectivity index (χ0) is 13.4. The van der Waals surface area contributed by atoms with Crippen molar-refractivity contribution in [1.29, 1.82) is 0 Å². The molecule has 0 radical (unpaired) electrons. The molecule has 6 nitrogen and oxygen atoms in total. The fourth-order valence-electron chi connectivity index (χ4n) is 1.74. The molecule has 98 valence electrons. The van der Waals surface area contributed by atoms with E-state index in [1.54, 1.807) is 6.92 Å². The minimum atomic E-state index is -1.02. The van der Waals surface area contributed by atoms with E-state index < -0.39 is 5.97 Å². The number of thiazole rings is 1. The van der Waals surface area contributed by atoms with Crippen LogP contribution in [-0.2, 0) is 0 Å². The Hall–Kier alpha value is -2.02. The Bertz CT molecular complexity index is 636. The molecule has 0 aromatic carbocycles. The van der Waals surface area contributed by atoms with Gasteiger partial charge in [0.15, 0.2) is 5.13 Å². The summed E-state index contributed by atoms with van der Waals surface area (Å²) in [6.45, 7) is 1.65. The lowest BCUT2D eigenvalue weighted by atomic mass is 10.2. The van der Waals surface area contributed by atoms with Crippen LogP contribution in [-0.4, -0.2) is 26.0 Å². The molecule has 1 aliphatic carbocycles. The van der Waals surface area contributed by atoms with E-state index in [2.05, 4.69) is 20.3 Å². The third kappa shape index (κ3) is 2.55. The van der Waals surface area contributed by atoms with Gasteiger partial charge >= 0.3 is 5.97 Å². The maximum Gasteiger partial charge on any atom is 0.339 e. The normalized spacial score (nSPS) is 14.4. The predicted octanol–water partition coefficient (Wildman–Crippen LogP) is 2.56. The summed E-state index contributed by atoms with van der Waals surface area (Å²) in [5.41, 5.74) is 1.67. The van der Waals surface area contributed by atoms with E-state index in [1.807, 2.05) is 5.38 Å². The van der Waals surface area contributed by atoms with Crippen LogP contribution in [0.4, 0.5) is 11.1 Å². The molecule has 0 amide bonds. The first-order chi connectivity index (χ1) is 9.13. The number of aryl methyl sites for hydroxylation is 1.